The standard InChI is InChI=1S/C25H35F3N10O3/c1-14-11-36(12-15(2)38(14)23(40)16(3)39)17(4)37(13-25(26,27)28)22-19(29)21(35-5-7-41-8-6-35)33-20(34-22)18-9-31-24(30)32-10-18/h9-10,14-16,39H,4-8,11-13,29H2,1-3H3,(H2,30,31,32)/t14-,15+,16?. The van der Waals surface area contributed by atoms with Gasteiger partial charge in [-0.15, -0.1) is 0 Å². The average Bonchev–Trinajstić information content (AvgIpc) is 2.91. The Labute approximate surface area is 235 Å². The number of hydrogen-bond donors (Lipinski definition) is 3. The highest BCUT2D eigenvalue weighted by Crippen LogP contribution is 2.37. The third-order valence-electron chi connectivity index (χ3n) is 6.95. The number of aliphatic hydroxyl groups excluding tert-OH is 1. The molecule has 0 radical (unpaired) electrons. The highest BCUT2D eigenvalue weighted by atomic mass is 19.4. The van der Waals surface area contributed by atoms with Gasteiger partial charge in [-0.1, -0.05) is 6.58 Å². The number of alkyl halides is 3. The van der Waals surface area contributed by atoms with Gasteiger partial charge in [-0.05, 0) is 20.8 Å². The number of piperazine rings is 1. The first kappa shape index (κ1) is 30.0. The van der Waals surface area contributed by atoms with Gasteiger partial charge < -0.3 is 40.9 Å². The van der Waals surface area contributed by atoms with E-state index in [0.717, 1.165) is 4.90 Å². The van der Waals surface area contributed by atoms with Crippen molar-refractivity contribution in [3.8, 4) is 11.4 Å². The minimum absolute atomic E-state index is 0.00278. The number of anilines is 4. The first-order valence-corrected chi connectivity index (χ1v) is 13.1. The second-order valence-electron chi connectivity index (χ2n) is 10.2. The summed E-state index contributed by atoms with van der Waals surface area (Å²) in [6.45, 7) is 9.48. The number of morpholine rings is 1. The Morgan fingerprint density at radius 3 is 2.29 bits per heavy atom. The van der Waals surface area contributed by atoms with Gasteiger partial charge in [0.1, 0.15) is 24.2 Å². The number of carbonyl (C=O) groups is 1. The fourth-order valence-corrected chi connectivity index (χ4v) is 5.07. The quantitative estimate of drug-likeness (QED) is 0.428. The van der Waals surface area contributed by atoms with Gasteiger partial charge in [0.2, 0.25) is 5.95 Å². The molecule has 16 heteroatoms. The van der Waals surface area contributed by atoms with Crippen LogP contribution in [0.3, 0.4) is 0 Å². The van der Waals surface area contributed by atoms with Gasteiger partial charge in [-0.3, -0.25) is 4.79 Å². The molecule has 2 aliphatic heterocycles. The normalized spacial score (nSPS) is 20.6. The molecule has 2 aliphatic rings. The Morgan fingerprint density at radius 1 is 1.17 bits per heavy atom. The molecule has 2 fully saturated rings. The van der Waals surface area contributed by atoms with Gasteiger partial charge in [0.15, 0.2) is 17.5 Å². The maximum atomic E-state index is 14.1. The minimum atomic E-state index is -4.65. The number of nitrogen functional groups attached to an aromatic ring is 2. The van der Waals surface area contributed by atoms with E-state index in [9.17, 15) is 23.1 Å². The van der Waals surface area contributed by atoms with Crippen molar-refractivity contribution in [3.05, 3.63) is 24.8 Å². The van der Waals surface area contributed by atoms with Crippen molar-refractivity contribution < 1.29 is 27.8 Å². The monoisotopic (exact) mass is 580 g/mol. The highest BCUT2D eigenvalue weighted by molar-refractivity contribution is 5.81. The Morgan fingerprint density at radius 2 is 1.76 bits per heavy atom. The molecule has 41 heavy (non-hydrogen) atoms. The van der Waals surface area contributed by atoms with Crippen LogP contribution in [0.4, 0.5) is 36.4 Å². The van der Waals surface area contributed by atoms with E-state index in [1.165, 1.54) is 24.2 Å². The Kier molecular flexibility index (Phi) is 8.72. The molecule has 0 aromatic carbocycles. The molecule has 3 atom stereocenters. The summed E-state index contributed by atoms with van der Waals surface area (Å²) in [7, 11) is 0. The van der Waals surface area contributed by atoms with E-state index in [4.69, 9.17) is 16.2 Å². The first-order valence-electron chi connectivity index (χ1n) is 13.1. The zero-order valence-electron chi connectivity index (χ0n) is 23.2. The van der Waals surface area contributed by atoms with Gasteiger partial charge in [-0.25, -0.2) is 19.9 Å². The summed E-state index contributed by atoms with van der Waals surface area (Å²) in [5.74, 6) is -0.306. The van der Waals surface area contributed by atoms with Crippen molar-refractivity contribution in [3.63, 3.8) is 0 Å². The molecule has 13 nitrogen and oxygen atoms in total. The Bertz CT molecular complexity index is 1240. The SMILES string of the molecule is C=C(N1C[C@@H](C)N(C(=O)C(C)O)[C@@H](C)C1)N(CC(F)(F)F)c1nc(-c2cnc(N)nc2)nc(N2CCOCC2)c1N. The van der Waals surface area contributed by atoms with Gasteiger partial charge in [0.05, 0.1) is 18.8 Å². The van der Waals surface area contributed by atoms with E-state index in [0.29, 0.717) is 31.9 Å². The van der Waals surface area contributed by atoms with E-state index in [-0.39, 0.29) is 48.0 Å². The van der Waals surface area contributed by atoms with Crippen molar-refractivity contribution in [2.24, 2.45) is 0 Å². The number of rotatable bonds is 7. The average molecular weight is 581 g/mol. The van der Waals surface area contributed by atoms with Crippen LogP contribution in [0, 0.1) is 0 Å². The summed E-state index contributed by atoms with van der Waals surface area (Å²) in [4.78, 5) is 35.5. The maximum absolute atomic E-state index is 14.1. The van der Waals surface area contributed by atoms with Crippen molar-refractivity contribution >= 4 is 29.2 Å². The van der Waals surface area contributed by atoms with Crippen LogP contribution in [0.5, 0.6) is 0 Å². The zero-order chi connectivity index (χ0) is 30.1. The molecule has 2 aromatic heterocycles. The van der Waals surface area contributed by atoms with E-state index >= 15 is 0 Å². The van der Waals surface area contributed by atoms with E-state index in [2.05, 4.69) is 26.5 Å². The van der Waals surface area contributed by atoms with Crippen LogP contribution < -0.4 is 21.3 Å². The topological polar surface area (TPSA) is 163 Å². The Hall–Kier alpha value is -3.92. The highest BCUT2D eigenvalue weighted by Gasteiger charge is 2.40. The molecule has 2 saturated heterocycles. The predicted molar refractivity (Wildman–Crippen MR) is 146 cm³/mol. The molecule has 4 rings (SSSR count). The van der Waals surface area contributed by atoms with Gasteiger partial charge in [0.25, 0.3) is 5.91 Å². The lowest BCUT2D eigenvalue weighted by Gasteiger charge is -2.48. The van der Waals surface area contributed by atoms with E-state index in [1.807, 2.05) is 4.90 Å². The van der Waals surface area contributed by atoms with Crippen LogP contribution >= 0.6 is 0 Å². The molecule has 0 spiro atoms. The van der Waals surface area contributed by atoms with Crippen LogP contribution in [0.2, 0.25) is 0 Å². The van der Waals surface area contributed by atoms with Crippen molar-refractivity contribution in [2.45, 2.75) is 45.1 Å². The molecular formula is C25H35F3N10O3. The van der Waals surface area contributed by atoms with E-state index < -0.39 is 36.8 Å². The number of nitrogens with two attached hydrogens (primary N) is 2. The lowest BCUT2D eigenvalue weighted by atomic mass is 10.1. The summed E-state index contributed by atoms with van der Waals surface area (Å²) >= 11 is 0. The van der Waals surface area contributed by atoms with Crippen molar-refractivity contribution in [1.29, 1.82) is 0 Å². The molecule has 4 heterocycles. The third-order valence-corrected chi connectivity index (χ3v) is 6.95. The Balaban J connectivity index is 1.78. The summed E-state index contributed by atoms with van der Waals surface area (Å²) in [6.07, 6.45) is -3.09. The number of aliphatic hydroxyl groups is 1. The van der Waals surface area contributed by atoms with Crippen molar-refractivity contribution in [2.75, 3.05) is 67.2 Å². The first-order chi connectivity index (χ1) is 19.3. The van der Waals surface area contributed by atoms with Crippen molar-refractivity contribution in [1.82, 2.24) is 29.7 Å². The molecule has 0 bridgehead atoms. The zero-order valence-corrected chi connectivity index (χ0v) is 23.2. The molecular weight excluding hydrogens is 545 g/mol. The van der Waals surface area contributed by atoms with Crippen LogP contribution in [0.25, 0.3) is 11.4 Å². The summed E-state index contributed by atoms with van der Waals surface area (Å²) < 4.78 is 47.6. The maximum Gasteiger partial charge on any atom is 0.406 e. The molecule has 1 unspecified atom stereocenters. The van der Waals surface area contributed by atoms with Gasteiger partial charge in [0, 0.05) is 50.7 Å². The molecule has 5 N–H and O–H groups in total. The lowest BCUT2D eigenvalue weighted by molar-refractivity contribution is -0.146. The van der Waals surface area contributed by atoms with Crippen LogP contribution in [-0.2, 0) is 9.53 Å². The molecule has 0 aliphatic carbocycles. The number of aromatic nitrogens is 4. The van der Waals surface area contributed by atoms with E-state index in [1.54, 1.807) is 18.7 Å². The number of hydrogen-bond acceptors (Lipinski definition) is 12. The summed E-state index contributed by atoms with van der Waals surface area (Å²) in [5.41, 5.74) is 12.4. The number of nitrogens with zero attached hydrogens (tertiary/aromatic N) is 8. The second-order valence-corrected chi connectivity index (χ2v) is 10.2. The summed E-state index contributed by atoms with van der Waals surface area (Å²) in [6, 6.07) is -0.834. The molecule has 224 valence electrons. The third kappa shape index (κ3) is 6.70. The molecule has 0 saturated carbocycles. The number of amides is 1. The summed E-state index contributed by atoms with van der Waals surface area (Å²) in [5, 5.41) is 9.84. The number of carbonyl (C=O) groups excluding carboxylic acids is 1. The predicted octanol–water partition coefficient (Wildman–Crippen LogP) is 1.08. The van der Waals surface area contributed by atoms with Crippen LogP contribution in [0.1, 0.15) is 20.8 Å². The fourth-order valence-electron chi connectivity index (χ4n) is 5.07. The minimum Gasteiger partial charge on any atom is -0.393 e. The fraction of sp³-hybridized carbons (Fsp3) is 0.560. The second kappa shape index (κ2) is 11.9. The smallest absolute Gasteiger partial charge is 0.393 e. The largest absolute Gasteiger partial charge is 0.406 e. The van der Waals surface area contributed by atoms with Gasteiger partial charge in [-0.2, -0.15) is 13.2 Å². The molecule has 2 aromatic rings. The number of halogens is 3. The van der Waals surface area contributed by atoms with Crippen LogP contribution in [0.15, 0.2) is 24.8 Å². The lowest BCUT2D eigenvalue weighted by Crippen LogP contribution is -2.61. The van der Waals surface area contributed by atoms with Crippen LogP contribution in [-0.4, -0.2) is 111 Å². The number of ether oxygens (including phenoxy) is 1. The molecule has 1 amide bonds. The van der Waals surface area contributed by atoms with Gasteiger partial charge >= 0.3 is 6.18 Å².